The lowest BCUT2D eigenvalue weighted by atomic mass is 9.95. The first kappa shape index (κ1) is 20.2. The van der Waals surface area contributed by atoms with Crippen LogP contribution in [0.1, 0.15) is 43.8 Å². The van der Waals surface area contributed by atoms with Crippen LogP contribution in [-0.4, -0.2) is 33.9 Å². The number of ether oxygens (including phenoxy) is 1. The fraction of sp³-hybridized carbons (Fsp3) is 0.273. The van der Waals surface area contributed by atoms with Crippen molar-refractivity contribution in [3.8, 4) is 16.9 Å². The second kappa shape index (κ2) is 7.95. The highest BCUT2D eigenvalue weighted by molar-refractivity contribution is 7.08. The number of benzene rings is 2. The zero-order chi connectivity index (χ0) is 21.4. The van der Waals surface area contributed by atoms with E-state index < -0.39 is 5.82 Å². The molecule has 1 aliphatic rings. The molecular formula is C22H20FN3O3S. The van der Waals surface area contributed by atoms with Gasteiger partial charge in [0.05, 0.1) is 12.2 Å². The van der Waals surface area contributed by atoms with E-state index in [0.717, 1.165) is 22.7 Å². The Hall–Kier alpha value is -3.13. The normalized spacial score (nSPS) is 14.9. The van der Waals surface area contributed by atoms with Crippen LogP contribution in [0.4, 0.5) is 4.39 Å². The molecule has 8 heteroatoms. The van der Waals surface area contributed by atoms with Crippen LogP contribution in [0.2, 0.25) is 0 Å². The molecule has 0 spiro atoms. The average molecular weight is 425 g/mol. The number of carbonyl (C=O) groups is 2. The summed E-state index contributed by atoms with van der Waals surface area (Å²) in [5.41, 5.74) is 3.90. The van der Waals surface area contributed by atoms with Crippen LogP contribution in [0.3, 0.4) is 0 Å². The summed E-state index contributed by atoms with van der Waals surface area (Å²) in [6.07, 6.45) is 0.322. The molecule has 0 fully saturated rings. The second-order valence-corrected chi connectivity index (χ2v) is 8.15. The number of fused-ring (bicyclic) bond motifs is 1. The minimum Gasteiger partial charge on any atom is -0.487 e. The number of Topliss-reactive ketones (excluding diaryl/α,β-unsaturated/α-hetero) is 1. The van der Waals surface area contributed by atoms with E-state index in [1.54, 1.807) is 13.0 Å². The van der Waals surface area contributed by atoms with E-state index in [-0.39, 0.29) is 17.8 Å². The molecule has 154 valence electrons. The summed E-state index contributed by atoms with van der Waals surface area (Å²) in [5, 5.41) is 6.71. The van der Waals surface area contributed by atoms with Crippen molar-refractivity contribution in [1.29, 1.82) is 0 Å². The lowest BCUT2D eigenvalue weighted by Crippen LogP contribution is -2.34. The molecule has 4 rings (SSSR count). The Bertz CT molecular complexity index is 1160. The zero-order valence-electron chi connectivity index (χ0n) is 16.8. The molecule has 1 aromatic heterocycles. The van der Waals surface area contributed by atoms with Crippen LogP contribution in [0.25, 0.3) is 11.1 Å². The molecule has 1 atom stereocenters. The SMILES string of the molecule is CC(=O)c1ccc(F)c(-c2cc(C)cc3c2O[C@@H](CNC(=O)c2snnc2C)C3)c1. The van der Waals surface area contributed by atoms with Gasteiger partial charge >= 0.3 is 0 Å². The first-order valence-electron chi connectivity index (χ1n) is 9.51. The molecule has 3 aromatic rings. The number of amides is 1. The molecule has 0 radical (unpaired) electrons. The third-order valence-corrected chi connectivity index (χ3v) is 5.88. The van der Waals surface area contributed by atoms with Crippen LogP contribution in [0.15, 0.2) is 30.3 Å². The van der Waals surface area contributed by atoms with E-state index in [4.69, 9.17) is 4.74 Å². The molecule has 1 aliphatic heterocycles. The number of rotatable bonds is 5. The third-order valence-electron chi connectivity index (χ3n) is 5.05. The number of halogens is 1. The predicted molar refractivity (Wildman–Crippen MR) is 112 cm³/mol. The maximum atomic E-state index is 14.6. The van der Waals surface area contributed by atoms with Crippen molar-refractivity contribution in [3.63, 3.8) is 0 Å². The van der Waals surface area contributed by atoms with Gasteiger partial charge in [-0.05, 0) is 67.7 Å². The van der Waals surface area contributed by atoms with Crippen LogP contribution < -0.4 is 10.1 Å². The number of aromatic nitrogens is 2. The highest BCUT2D eigenvalue weighted by Crippen LogP contribution is 2.41. The molecule has 2 aromatic carbocycles. The smallest absolute Gasteiger partial charge is 0.265 e. The van der Waals surface area contributed by atoms with Gasteiger partial charge in [0.1, 0.15) is 22.5 Å². The molecule has 1 amide bonds. The largest absolute Gasteiger partial charge is 0.487 e. The average Bonchev–Trinajstić information content (AvgIpc) is 3.31. The monoisotopic (exact) mass is 425 g/mol. The van der Waals surface area contributed by atoms with Gasteiger partial charge in [-0.25, -0.2) is 4.39 Å². The van der Waals surface area contributed by atoms with Crippen molar-refractivity contribution in [3.05, 3.63) is 63.4 Å². The number of carbonyl (C=O) groups excluding carboxylic acids is 2. The number of hydrogen-bond acceptors (Lipinski definition) is 6. The summed E-state index contributed by atoms with van der Waals surface area (Å²) in [6, 6.07) is 8.20. The molecular weight excluding hydrogens is 405 g/mol. The first-order chi connectivity index (χ1) is 14.3. The first-order valence-corrected chi connectivity index (χ1v) is 10.3. The summed E-state index contributed by atoms with van der Waals surface area (Å²) in [5.74, 6) is -0.190. The fourth-order valence-corrected chi connectivity index (χ4v) is 4.16. The standard InChI is InChI=1S/C22H20FN3O3S/c1-11-6-15-8-16(10-24-22(28)21-12(2)25-26-30-21)29-20(15)18(7-11)17-9-14(13(3)27)4-5-19(17)23/h4-7,9,16H,8,10H2,1-3H3,(H,24,28)/t16-/m1/s1. The number of nitrogens with zero attached hydrogens (tertiary/aromatic N) is 2. The maximum Gasteiger partial charge on any atom is 0.265 e. The van der Waals surface area contributed by atoms with E-state index in [9.17, 15) is 14.0 Å². The van der Waals surface area contributed by atoms with Gasteiger partial charge in [0.25, 0.3) is 5.91 Å². The zero-order valence-corrected chi connectivity index (χ0v) is 17.6. The van der Waals surface area contributed by atoms with Crippen molar-refractivity contribution in [2.24, 2.45) is 0 Å². The Morgan fingerprint density at radius 2 is 2.03 bits per heavy atom. The topological polar surface area (TPSA) is 81.2 Å². The third kappa shape index (κ3) is 3.82. The van der Waals surface area contributed by atoms with Gasteiger partial charge < -0.3 is 10.1 Å². The van der Waals surface area contributed by atoms with E-state index in [1.165, 1.54) is 19.1 Å². The van der Waals surface area contributed by atoms with Crippen molar-refractivity contribution in [2.75, 3.05) is 6.54 Å². The Morgan fingerprint density at radius 1 is 1.23 bits per heavy atom. The van der Waals surface area contributed by atoms with Gasteiger partial charge in [-0.3, -0.25) is 9.59 Å². The molecule has 2 heterocycles. The van der Waals surface area contributed by atoms with Crippen molar-refractivity contribution in [1.82, 2.24) is 14.9 Å². The van der Waals surface area contributed by atoms with E-state index >= 15 is 0 Å². The van der Waals surface area contributed by atoms with Crippen molar-refractivity contribution < 1.29 is 18.7 Å². The Balaban J connectivity index is 1.58. The van der Waals surface area contributed by atoms with Gasteiger partial charge in [-0.15, -0.1) is 5.10 Å². The van der Waals surface area contributed by atoms with Crippen LogP contribution in [0.5, 0.6) is 5.75 Å². The van der Waals surface area contributed by atoms with Gasteiger partial charge in [-0.2, -0.15) is 0 Å². The van der Waals surface area contributed by atoms with Gasteiger partial charge in [-0.1, -0.05) is 10.6 Å². The van der Waals surface area contributed by atoms with Crippen LogP contribution in [0, 0.1) is 19.7 Å². The minimum absolute atomic E-state index is 0.130. The van der Waals surface area contributed by atoms with Crippen molar-refractivity contribution in [2.45, 2.75) is 33.3 Å². The Kier molecular flexibility index (Phi) is 5.34. The molecule has 30 heavy (non-hydrogen) atoms. The molecule has 6 nitrogen and oxygen atoms in total. The molecule has 0 bridgehead atoms. The lowest BCUT2D eigenvalue weighted by molar-refractivity contribution is 0.0936. The lowest BCUT2D eigenvalue weighted by Gasteiger charge is -2.14. The highest BCUT2D eigenvalue weighted by atomic mass is 32.1. The summed E-state index contributed by atoms with van der Waals surface area (Å²) in [6.45, 7) is 5.43. The Morgan fingerprint density at radius 3 is 2.73 bits per heavy atom. The summed E-state index contributed by atoms with van der Waals surface area (Å²) >= 11 is 1.05. The predicted octanol–water partition coefficient (Wildman–Crippen LogP) is 3.90. The summed E-state index contributed by atoms with van der Waals surface area (Å²) in [4.78, 5) is 24.6. The Labute approximate surface area is 177 Å². The summed E-state index contributed by atoms with van der Waals surface area (Å²) < 4.78 is 24.5. The fourth-order valence-electron chi connectivity index (χ4n) is 3.58. The second-order valence-electron chi connectivity index (χ2n) is 7.39. The van der Waals surface area contributed by atoms with E-state index in [0.29, 0.717) is 46.0 Å². The van der Waals surface area contributed by atoms with Gasteiger partial charge in [0.15, 0.2) is 5.78 Å². The van der Waals surface area contributed by atoms with E-state index in [1.807, 2.05) is 19.1 Å². The maximum absolute atomic E-state index is 14.6. The van der Waals surface area contributed by atoms with Gasteiger partial charge in [0.2, 0.25) is 0 Å². The molecule has 0 saturated heterocycles. The van der Waals surface area contributed by atoms with Crippen LogP contribution >= 0.6 is 11.5 Å². The van der Waals surface area contributed by atoms with Gasteiger partial charge in [0, 0.05) is 23.1 Å². The minimum atomic E-state index is -0.415. The van der Waals surface area contributed by atoms with E-state index in [2.05, 4.69) is 14.9 Å². The van der Waals surface area contributed by atoms with Crippen LogP contribution in [-0.2, 0) is 6.42 Å². The molecule has 0 saturated carbocycles. The molecule has 1 N–H and O–H groups in total. The summed E-state index contributed by atoms with van der Waals surface area (Å²) in [7, 11) is 0. The van der Waals surface area contributed by atoms with Crippen molar-refractivity contribution >= 4 is 23.2 Å². The number of hydrogen-bond donors (Lipinski definition) is 1. The quantitative estimate of drug-likeness (QED) is 0.627. The number of nitrogens with one attached hydrogen (secondary N) is 1. The number of ketones is 1. The highest BCUT2D eigenvalue weighted by Gasteiger charge is 2.28. The molecule has 0 unspecified atom stereocenters. The number of aryl methyl sites for hydroxylation is 2. The molecule has 0 aliphatic carbocycles.